The van der Waals surface area contributed by atoms with E-state index in [4.69, 9.17) is 4.74 Å². The fourth-order valence-electron chi connectivity index (χ4n) is 2.80. The van der Waals surface area contributed by atoms with Crippen LogP contribution in [0.3, 0.4) is 0 Å². The molecule has 0 aromatic heterocycles. The van der Waals surface area contributed by atoms with Crippen LogP contribution in [0.1, 0.15) is 59.4 Å². The van der Waals surface area contributed by atoms with Gasteiger partial charge >= 0.3 is 6.09 Å². The van der Waals surface area contributed by atoms with Crippen molar-refractivity contribution < 1.29 is 14.3 Å². The lowest BCUT2D eigenvalue weighted by molar-refractivity contribution is -0.121. The normalized spacial score (nSPS) is 13.5. The molecule has 27 heavy (non-hydrogen) atoms. The first-order valence-corrected chi connectivity index (χ1v) is 9.76. The molecule has 2 atom stereocenters. The molecule has 2 N–H and O–H groups in total. The first kappa shape index (κ1) is 23.0. The number of alkyl carbamates (subject to hydrolysis) is 1. The van der Waals surface area contributed by atoms with E-state index in [0.717, 1.165) is 31.2 Å². The number of amides is 2. The van der Waals surface area contributed by atoms with E-state index < -0.39 is 11.7 Å². The Balaban J connectivity index is 2.53. The molecule has 0 heterocycles. The van der Waals surface area contributed by atoms with Crippen molar-refractivity contribution in [1.82, 2.24) is 15.5 Å². The van der Waals surface area contributed by atoms with Crippen molar-refractivity contribution >= 4 is 12.5 Å². The number of carbonyl (C=O) groups is 2. The molecule has 6 nitrogen and oxygen atoms in total. The molecule has 152 valence electrons. The van der Waals surface area contributed by atoms with Crippen LogP contribution < -0.4 is 10.6 Å². The van der Waals surface area contributed by atoms with Gasteiger partial charge in [-0.3, -0.25) is 10.1 Å². The quantitative estimate of drug-likeness (QED) is 0.456. The summed E-state index contributed by atoms with van der Waals surface area (Å²) in [6.45, 7) is 10.8. The molecule has 0 aliphatic rings. The second kappa shape index (κ2) is 11.6. The van der Waals surface area contributed by atoms with Crippen molar-refractivity contribution in [3.8, 4) is 0 Å². The van der Waals surface area contributed by atoms with Crippen LogP contribution in [0.5, 0.6) is 0 Å². The summed E-state index contributed by atoms with van der Waals surface area (Å²) in [4.78, 5) is 25.2. The molecule has 0 saturated heterocycles. The molecule has 0 fully saturated rings. The Labute approximate surface area is 163 Å². The van der Waals surface area contributed by atoms with Gasteiger partial charge in [-0.05, 0) is 45.6 Å². The van der Waals surface area contributed by atoms with Gasteiger partial charge in [0.05, 0.1) is 6.17 Å². The third kappa shape index (κ3) is 9.43. The van der Waals surface area contributed by atoms with Gasteiger partial charge in [0.2, 0.25) is 6.41 Å². The van der Waals surface area contributed by atoms with E-state index in [0.29, 0.717) is 13.1 Å². The van der Waals surface area contributed by atoms with Crippen LogP contribution in [-0.4, -0.2) is 41.8 Å². The van der Waals surface area contributed by atoms with E-state index in [1.165, 1.54) is 0 Å². The standard InChI is InChI=1S/C21H35N3O3/c1-6-18(13-14-22-20(26)27-21(3,4)5)23-19(7-2)24(16-25)15-17-11-9-8-10-12-17/h8-12,16,18-19,23H,6-7,13-15H2,1-5H3,(H,22,26)/t18?,19-/m0/s1. The Morgan fingerprint density at radius 1 is 1.19 bits per heavy atom. The van der Waals surface area contributed by atoms with Crippen molar-refractivity contribution in [3.63, 3.8) is 0 Å². The minimum atomic E-state index is -0.498. The van der Waals surface area contributed by atoms with Gasteiger partial charge in [-0.2, -0.15) is 0 Å². The summed E-state index contributed by atoms with van der Waals surface area (Å²) in [7, 11) is 0. The molecule has 0 radical (unpaired) electrons. The van der Waals surface area contributed by atoms with Gasteiger partial charge < -0.3 is 15.0 Å². The van der Waals surface area contributed by atoms with E-state index in [2.05, 4.69) is 24.5 Å². The van der Waals surface area contributed by atoms with E-state index in [1.807, 2.05) is 51.1 Å². The molecular formula is C21H35N3O3. The van der Waals surface area contributed by atoms with E-state index in [1.54, 1.807) is 4.90 Å². The predicted molar refractivity (Wildman–Crippen MR) is 108 cm³/mol. The van der Waals surface area contributed by atoms with Crippen LogP contribution in [0.25, 0.3) is 0 Å². The summed E-state index contributed by atoms with van der Waals surface area (Å²) < 4.78 is 5.25. The zero-order valence-corrected chi connectivity index (χ0v) is 17.3. The van der Waals surface area contributed by atoms with Gasteiger partial charge in [0, 0.05) is 19.1 Å². The average molecular weight is 378 g/mol. The maximum absolute atomic E-state index is 11.8. The van der Waals surface area contributed by atoms with Crippen LogP contribution in [0, 0.1) is 0 Å². The number of carbonyl (C=O) groups excluding carboxylic acids is 2. The predicted octanol–water partition coefficient (Wildman–Crippen LogP) is 3.66. The van der Waals surface area contributed by atoms with Crippen molar-refractivity contribution in [2.75, 3.05) is 6.54 Å². The molecule has 0 bridgehead atoms. The first-order valence-electron chi connectivity index (χ1n) is 9.76. The Hall–Kier alpha value is -2.08. The molecule has 1 rings (SSSR count). The van der Waals surface area contributed by atoms with Crippen LogP contribution >= 0.6 is 0 Å². The highest BCUT2D eigenvalue weighted by atomic mass is 16.6. The summed E-state index contributed by atoms with van der Waals surface area (Å²) >= 11 is 0. The largest absolute Gasteiger partial charge is 0.444 e. The van der Waals surface area contributed by atoms with Crippen LogP contribution in [-0.2, 0) is 16.1 Å². The second-order valence-corrected chi connectivity index (χ2v) is 7.68. The second-order valence-electron chi connectivity index (χ2n) is 7.68. The van der Waals surface area contributed by atoms with Crippen molar-refractivity contribution in [2.45, 2.75) is 78.2 Å². The zero-order valence-electron chi connectivity index (χ0n) is 17.3. The van der Waals surface area contributed by atoms with Crippen LogP contribution in [0.15, 0.2) is 30.3 Å². The number of rotatable bonds is 11. The zero-order chi connectivity index (χ0) is 20.3. The molecule has 1 aromatic carbocycles. The number of hydrogen-bond donors (Lipinski definition) is 2. The highest BCUT2D eigenvalue weighted by molar-refractivity contribution is 5.67. The number of ether oxygens (including phenoxy) is 1. The molecule has 0 spiro atoms. The van der Waals surface area contributed by atoms with Gasteiger partial charge in [-0.15, -0.1) is 0 Å². The smallest absolute Gasteiger partial charge is 0.407 e. The molecular weight excluding hydrogens is 342 g/mol. The van der Waals surface area contributed by atoms with E-state index in [-0.39, 0.29) is 12.2 Å². The summed E-state index contributed by atoms with van der Waals surface area (Å²) in [6.07, 6.45) is 2.94. The van der Waals surface area contributed by atoms with Crippen molar-refractivity contribution in [2.24, 2.45) is 0 Å². The first-order chi connectivity index (χ1) is 12.8. The molecule has 0 aliphatic heterocycles. The molecule has 1 unspecified atom stereocenters. The minimum Gasteiger partial charge on any atom is -0.444 e. The Morgan fingerprint density at radius 2 is 1.85 bits per heavy atom. The lowest BCUT2D eigenvalue weighted by Gasteiger charge is -2.32. The summed E-state index contributed by atoms with van der Waals surface area (Å²) in [6, 6.07) is 10.2. The Bertz CT molecular complexity index is 558. The summed E-state index contributed by atoms with van der Waals surface area (Å²) in [5.74, 6) is 0. The maximum Gasteiger partial charge on any atom is 0.407 e. The van der Waals surface area contributed by atoms with Crippen LogP contribution in [0.2, 0.25) is 0 Å². The van der Waals surface area contributed by atoms with Gasteiger partial charge in [0.15, 0.2) is 0 Å². The fraction of sp³-hybridized carbons (Fsp3) is 0.619. The maximum atomic E-state index is 11.8. The van der Waals surface area contributed by atoms with Crippen molar-refractivity contribution in [3.05, 3.63) is 35.9 Å². The number of nitrogens with one attached hydrogen (secondary N) is 2. The van der Waals surface area contributed by atoms with Gasteiger partial charge in [-0.25, -0.2) is 4.79 Å². The van der Waals surface area contributed by atoms with E-state index in [9.17, 15) is 9.59 Å². The highest BCUT2D eigenvalue weighted by Crippen LogP contribution is 2.10. The Kier molecular flexibility index (Phi) is 9.86. The van der Waals surface area contributed by atoms with Crippen LogP contribution in [0.4, 0.5) is 4.79 Å². The molecule has 0 aliphatic carbocycles. The number of hydrogen-bond acceptors (Lipinski definition) is 4. The number of benzene rings is 1. The topological polar surface area (TPSA) is 70.7 Å². The van der Waals surface area contributed by atoms with Gasteiger partial charge in [0.25, 0.3) is 0 Å². The lowest BCUT2D eigenvalue weighted by atomic mass is 10.1. The molecule has 0 saturated carbocycles. The fourth-order valence-corrected chi connectivity index (χ4v) is 2.80. The third-order valence-electron chi connectivity index (χ3n) is 4.21. The minimum absolute atomic E-state index is 0.0471. The summed E-state index contributed by atoms with van der Waals surface area (Å²) in [5, 5.41) is 6.34. The lowest BCUT2D eigenvalue weighted by Crippen LogP contribution is -2.49. The van der Waals surface area contributed by atoms with E-state index >= 15 is 0 Å². The third-order valence-corrected chi connectivity index (χ3v) is 4.21. The molecule has 2 amide bonds. The van der Waals surface area contributed by atoms with Gasteiger partial charge in [0.1, 0.15) is 5.60 Å². The Morgan fingerprint density at radius 3 is 2.37 bits per heavy atom. The molecule has 1 aromatic rings. The summed E-state index contributed by atoms with van der Waals surface area (Å²) in [5.41, 5.74) is 0.603. The average Bonchev–Trinajstić information content (AvgIpc) is 2.62. The SMILES string of the molecule is CCC(CCNC(=O)OC(C)(C)C)N[C@H](CC)N(C=O)Cc1ccccc1. The number of nitrogens with zero attached hydrogens (tertiary/aromatic N) is 1. The monoisotopic (exact) mass is 377 g/mol. The molecule has 6 heteroatoms. The highest BCUT2D eigenvalue weighted by Gasteiger charge is 2.20. The van der Waals surface area contributed by atoms with Crippen molar-refractivity contribution in [1.29, 1.82) is 0 Å². The van der Waals surface area contributed by atoms with Gasteiger partial charge in [-0.1, -0.05) is 44.2 Å².